The maximum absolute atomic E-state index is 12.3. The first-order valence-electron chi connectivity index (χ1n) is 8.82. The molecule has 132 valence electrons. The second-order valence-corrected chi connectivity index (χ2v) is 6.51. The minimum Gasteiger partial charge on any atom is -0.472 e. The highest BCUT2D eigenvalue weighted by Crippen LogP contribution is 2.23. The van der Waals surface area contributed by atoms with E-state index in [9.17, 15) is 4.79 Å². The number of amides is 1. The van der Waals surface area contributed by atoms with Gasteiger partial charge in [0.15, 0.2) is 0 Å². The summed E-state index contributed by atoms with van der Waals surface area (Å²) in [5.41, 5.74) is 0.509. The molecule has 1 unspecified atom stereocenters. The predicted octanol–water partition coefficient (Wildman–Crippen LogP) is 1.48. The van der Waals surface area contributed by atoms with E-state index in [1.54, 1.807) is 23.5 Å². The van der Waals surface area contributed by atoms with Crippen molar-refractivity contribution in [3.8, 4) is 5.88 Å². The lowest BCUT2D eigenvalue weighted by Crippen LogP contribution is -2.31. The molecule has 0 radical (unpaired) electrons. The smallest absolute Gasteiger partial charge is 0.271 e. The summed E-state index contributed by atoms with van der Waals surface area (Å²) in [5, 5.41) is 6.54. The lowest BCUT2D eigenvalue weighted by Gasteiger charge is -2.27. The van der Waals surface area contributed by atoms with Crippen molar-refractivity contribution in [2.75, 3.05) is 31.1 Å². The van der Waals surface area contributed by atoms with Crippen LogP contribution in [0.25, 0.3) is 0 Å². The normalized spacial score (nSPS) is 20.7. The van der Waals surface area contributed by atoms with Gasteiger partial charge in [0.2, 0.25) is 5.88 Å². The Kier molecular flexibility index (Phi) is 4.49. The lowest BCUT2D eigenvalue weighted by molar-refractivity contribution is 0.0765. The molecule has 2 aliphatic rings. The summed E-state index contributed by atoms with van der Waals surface area (Å²) >= 11 is 0. The number of ether oxygens (including phenoxy) is 1. The van der Waals surface area contributed by atoms with Gasteiger partial charge in [-0.3, -0.25) is 9.89 Å². The average molecular weight is 342 g/mol. The molecule has 0 bridgehead atoms. The number of rotatable bonds is 4. The molecule has 0 aromatic carbocycles. The van der Waals surface area contributed by atoms with E-state index in [-0.39, 0.29) is 12.0 Å². The van der Waals surface area contributed by atoms with Crippen LogP contribution < -0.4 is 9.64 Å². The highest BCUT2D eigenvalue weighted by atomic mass is 16.5. The molecule has 1 N–H and O–H groups in total. The number of nitrogens with one attached hydrogen (secondary N) is 1. The molecule has 4 heterocycles. The first-order chi connectivity index (χ1) is 12.3. The van der Waals surface area contributed by atoms with Gasteiger partial charge < -0.3 is 14.5 Å². The Balaban J connectivity index is 1.37. The van der Waals surface area contributed by atoms with Gasteiger partial charge in [0.1, 0.15) is 23.9 Å². The van der Waals surface area contributed by atoms with E-state index >= 15 is 0 Å². The maximum atomic E-state index is 12.3. The highest BCUT2D eigenvalue weighted by molar-refractivity contribution is 5.92. The quantitative estimate of drug-likeness (QED) is 0.906. The standard InChI is InChI=1S/C17H22N6O2/c24-17(14-4-6-20-21-14)23-9-5-13(11-23)25-16-10-15(18-12-19-16)22-7-2-1-3-8-22/h4,6,10,12-13H,1-3,5,7-9,11H2,(H,20,21). The van der Waals surface area contributed by atoms with Crippen LogP contribution in [0.1, 0.15) is 36.2 Å². The molecule has 0 saturated carbocycles. The second-order valence-electron chi connectivity index (χ2n) is 6.51. The van der Waals surface area contributed by atoms with Crippen LogP contribution >= 0.6 is 0 Å². The fourth-order valence-corrected chi connectivity index (χ4v) is 3.42. The van der Waals surface area contributed by atoms with Gasteiger partial charge in [0, 0.05) is 38.3 Å². The summed E-state index contributed by atoms with van der Waals surface area (Å²) in [6, 6.07) is 3.59. The summed E-state index contributed by atoms with van der Waals surface area (Å²) < 4.78 is 6.01. The number of likely N-dealkylation sites (tertiary alicyclic amines) is 1. The fourth-order valence-electron chi connectivity index (χ4n) is 3.42. The van der Waals surface area contributed by atoms with E-state index in [2.05, 4.69) is 25.1 Å². The zero-order valence-corrected chi connectivity index (χ0v) is 14.1. The summed E-state index contributed by atoms with van der Waals surface area (Å²) in [5.74, 6) is 1.46. The number of carbonyl (C=O) groups excluding carboxylic acids is 1. The second kappa shape index (κ2) is 7.08. The summed E-state index contributed by atoms with van der Waals surface area (Å²) in [6.45, 7) is 3.30. The van der Waals surface area contributed by atoms with Crippen LogP contribution in [0.3, 0.4) is 0 Å². The number of hydrogen-bond acceptors (Lipinski definition) is 6. The van der Waals surface area contributed by atoms with E-state index in [4.69, 9.17) is 4.74 Å². The number of aromatic amines is 1. The van der Waals surface area contributed by atoms with Crippen molar-refractivity contribution < 1.29 is 9.53 Å². The first kappa shape index (κ1) is 15.9. The van der Waals surface area contributed by atoms with Gasteiger partial charge >= 0.3 is 0 Å². The number of H-pyrrole nitrogens is 1. The van der Waals surface area contributed by atoms with Crippen LogP contribution in [-0.2, 0) is 0 Å². The molecule has 2 aromatic heterocycles. The number of anilines is 1. The molecule has 2 saturated heterocycles. The Hall–Kier alpha value is -2.64. The molecule has 2 aromatic rings. The van der Waals surface area contributed by atoms with Crippen LogP contribution in [0.5, 0.6) is 5.88 Å². The third kappa shape index (κ3) is 3.57. The molecule has 1 atom stereocenters. The van der Waals surface area contributed by atoms with Gasteiger partial charge in [-0.25, -0.2) is 9.97 Å². The molecule has 1 amide bonds. The zero-order chi connectivity index (χ0) is 17.1. The third-order valence-electron chi connectivity index (χ3n) is 4.76. The highest BCUT2D eigenvalue weighted by Gasteiger charge is 2.29. The van der Waals surface area contributed by atoms with E-state index in [1.807, 2.05) is 6.07 Å². The Morgan fingerprint density at radius 2 is 2.08 bits per heavy atom. The van der Waals surface area contributed by atoms with Gasteiger partial charge in [0.25, 0.3) is 5.91 Å². The Morgan fingerprint density at radius 3 is 2.88 bits per heavy atom. The third-order valence-corrected chi connectivity index (χ3v) is 4.76. The molecule has 8 heteroatoms. The van der Waals surface area contributed by atoms with Crippen LogP contribution in [0.4, 0.5) is 5.82 Å². The molecule has 2 aliphatic heterocycles. The van der Waals surface area contributed by atoms with Crippen LogP contribution in [-0.4, -0.2) is 63.3 Å². The van der Waals surface area contributed by atoms with E-state index in [0.29, 0.717) is 24.7 Å². The number of carbonyl (C=O) groups is 1. The average Bonchev–Trinajstić information content (AvgIpc) is 3.34. The van der Waals surface area contributed by atoms with Gasteiger partial charge in [-0.05, 0) is 25.3 Å². The minimum absolute atomic E-state index is 0.0414. The Morgan fingerprint density at radius 1 is 1.20 bits per heavy atom. The van der Waals surface area contributed by atoms with Crippen molar-refractivity contribution in [2.24, 2.45) is 0 Å². The maximum Gasteiger partial charge on any atom is 0.271 e. The van der Waals surface area contributed by atoms with Crippen molar-refractivity contribution >= 4 is 11.7 Å². The molecular formula is C17H22N6O2. The van der Waals surface area contributed by atoms with E-state index < -0.39 is 0 Å². The molecular weight excluding hydrogens is 320 g/mol. The number of hydrogen-bond donors (Lipinski definition) is 1. The van der Waals surface area contributed by atoms with Crippen LogP contribution in [0.2, 0.25) is 0 Å². The number of nitrogens with zero attached hydrogens (tertiary/aromatic N) is 5. The first-order valence-corrected chi connectivity index (χ1v) is 8.82. The molecule has 2 fully saturated rings. The van der Waals surface area contributed by atoms with Crippen LogP contribution in [0, 0.1) is 0 Å². The van der Waals surface area contributed by atoms with Crippen molar-refractivity contribution in [3.05, 3.63) is 30.4 Å². The topological polar surface area (TPSA) is 87.2 Å². The minimum atomic E-state index is -0.0454. The summed E-state index contributed by atoms with van der Waals surface area (Å²) in [7, 11) is 0. The van der Waals surface area contributed by atoms with E-state index in [1.165, 1.54) is 19.3 Å². The zero-order valence-electron chi connectivity index (χ0n) is 14.1. The summed E-state index contributed by atoms with van der Waals surface area (Å²) in [4.78, 5) is 25.0. The number of piperidine rings is 1. The largest absolute Gasteiger partial charge is 0.472 e. The van der Waals surface area contributed by atoms with Crippen molar-refractivity contribution in [1.29, 1.82) is 0 Å². The van der Waals surface area contributed by atoms with E-state index in [0.717, 1.165) is 25.3 Å². The van der Waals surface area contributed by atoms with Crippen LogP contribution in [0.15, 0.2) is 24.7 Å². The summed E-state index contributed by atoms with van der Waals surface area (Å²) in [6.07, 6.45) is 7.58. The number of aromatic nitrogens is 4. The molecule has 4 rings (SSSR count). The van der Waals surface area contributed by atoms with Gasteiger partial charge in [0.05, 0.1) is 6.54 Å². The Bertz CT molecular complexity index is 714. The van der Waals surface area contributed by atoms with Crippen molar-refractivity contribution in [3.63, 3.8) is 0 Å². The predicted molar refractivity (Wildman–Crippen MR) is 91.6 cm³/mol. The molecule has 0 spiro atoms. The van der Waals surface area contributed by atoms with Gasteiger partial charge in [-0.15, -0.1) is 0 Å². The molecule has 25 heavy (non-hydrogen) atoms. The van der Waals surface area contributed by atoms with Crippen molar-refractivity contribution in [2.45, 2.75) is 31.8 Å². The molecule has 8 nitrogen and oxygen atoms in total. The monoisotopic (exact) mass is 342 g/mol. The van der Waals surface area contributed by atoms with Gasteiger partial charge in [-0.1, -0.05) is 0 Å². The van der Waals surface area contributed by atoms with Crippen molar-refractivity contribution in [1.82, 2.24) is 25.1 Å². The fraction of sp³-hybridized carbons (Fsp3) is 0.529. The SMILES string of the molecule is O=C(c1ccn[nH]1)N1CCC(Oc2cc(N3CCCCC3)ncn2)C1. The van der Waals surface area contributed by atoms with Gasteiger partial charge in [-0.2, -0.15) is 5.10 Å². The Labute approximate surface area is 146 Å². The lowest BCUT2D eigenvalue weighted by atomic mass is 10.1. The molecule has 0 aliphatic carbocycles.